The minimum atomic E-state index is -0.0235. The van der Waals surface area contributed by atoms with Crippen LogP contribution >= 0.6 is 0 Å². The summed E-state index contributed by atoms with van der Waals surface area (Å²) < 4.78 is 0. The van der Waals surface area contributed by atoms with Crippen molar-refractivity contribution in [2.75, 3.05) is 26.7 Å². The highest BCUT2D eigenvalue weighted by atomic mass is 16.2. The van der Waals surface area contributed by atoms with Crippen molar-refractivity contribution >= 4 is 5.91 Å². The summed E-state index contributed by atoms with van der Waals surface area (Å²) in [6, 6.07) is 0.511. The van der Waals surface area contributed by atoms with Gasteiger partial charge in [0, 0.05) is 12.6 Å². The van der Waals surface area contributed by atoms with Crippen LogP contribution in [0.3, 0.4) is 0 Å². The number of hydrogen-bond donors (Lipinski definition) is 2. The van der Waals surface area contributed by atoms with Gasteiger partial charge in [-0.3, -0.25) is 9.69 Å². The summed E-state index contributed by atoms with van der Waals surface area (Å²) in [7, 11) is 2.08. The van der Waals surface area contributed by atoms with E-state index in [1.807, 2.05) is 6.92 Å². The van der Waals surface area contributed by atoms with E-state index in [1.54, 1.807) is 0 Å². The summed E-state index contributed by atoms with van der Waals surface area (Å²) in [5.74, 6) is 0.159. The van der Waals surface area contributed by atoms with E-state index in [0.29, 0.717) is 6.04 Å². The number of hydrogen-bond acceptors (Lipinski definition) is 3. The van der Waals surface area contributed by atoms with Gasteiger partial charge in [-0.25, -0.2) is 0 Å². The van der Waals surface area contributed by atoms with Gasteiger partial charge >= 0.3 is 0 Å². The lowest BCUT2D eigenvalue weighted by molar-refractivity contribution is -0.126. The molecule has 0 spiro atoms. The van der Waals surface area contributed by atoms with E-state index in [4.69, 9.17) is 0 Å². The molecule has 17 heavy (non-hydrogen) atoms. The SMILES string of the molecule is CCCNC(=O)C(C)N(C)C1CCCNCC1. The van der Waals surface area contributed by atoms with Crippen LogP contribution < -0.4 is 10.6 Å². The monoisotopic (exact) mass is 241 g/mol. The lowest BCUT2D eigenvalue weighted by Crippen LogP contribution is -2.48. The Bertz CT molecular complexity index is 225. The van der Waals surface area contributed by atoms with Gasteiger partial charge in [-0.05, 0) is 52.7 Å². The van der Waals surface area contributed by atoms with Crippen LogP contribution in [0.2, 0.25) is 0 Å². The molecule has 100 valence electrons. The summed E-state index contributed by atoms with van der Waals surface area (Å²) in [6.45, 7) is 7.04. The second kappa shape index (κ2) is 7.67. The zero-order chi connectivity index (χ0) is 12.7. The van der Waals surface area contributed by atoms with Crippen LogP contribution in [-0.4, -0.2) is 49.6 Å². The third kappa shape index (κ3) is 4.64. The molecule has 2 N–H and O–H groups in total. The first-order chi connectivity index (χ1) is 8.16. The fourth-order valence-electron chi connectivity index (χ4n) is 2.31. The van der Waals surface area contributed by atoms with E-state index in [9.17, 15) is 4.79 Å². The fraction of sp³-hybridized carbons (Fsp3) is 0.923. The van der Waals surface area contributed by atoms with Gasteiger partial charge in [0.25, 0.3) is 0 Å². The van der Waals surface area contributed by atoms with Crippen LogP contribution in [0.4, 0.5) is 0 Å². The molecule has 4 heteroatoms. The highest BCUT2D eigenvalue weighted by Gasteiger charge is 2.24. The minimum Gasteiger partial charge on any atom is -0.355 e. The maximum Gasteiger partial charge on any atom is 0.237 e. The number of nitrogens with one attached hydrogen (secondary N) is 2. The Morgan fingerprint density at radius 1 is 1.47 bits per heavy atom. The van der Waals surface area contributed by atoms with Gasteiger partial charge in [0.2, 0.25) is 5.91 Å². The van der Waals surface area contributed by atoms with Gasteiger partial charge in [-0.2, -0.15) is 0 Å². The number of amides is 1. The van der Waals surface area contributed by atoms with Gasteiger partial charge in [-0.15, -0.1) is 0 Å². The Morgan fingerprint density at radius 3 is 2.94 bits per heavy atom. The maximum atomic E-state index is 11.9. The smallest absolute Gasteiger partial charge is 0.237 e. The first kappa shape index (κ1) is 14.5. The van der Waals surface area contributed by atoms with E-state index in [1.165, 1.54) is 12.8 Å². The Labute approximate surface area is 105 Å². The van der Waals surface area contributed by atoms with Crippen molar-refractivity contribution in [1.29, 1.82) is 0 Å². The summed E-state index contributed by atoms with van der Waals surface area (Å²) in [5, 5.41) is 6.38. The zero-order valence-corrected chi connectivity index (χ0v) is 11.5. The predicted molar refractivity (Wildman–Crippen MR) is 71.0 cm³/mol. The molecule has 2 atom stereocenters. The molecule has 1 amide bonds. The van der Waals surface area contributed by atoms with Crippen molar-refractivity contribution in [3.8, 4) is 0 Å². The van der Waals surface area contributed by atoms with Crippen molar-refractivity contribution in [3.05, 3.63) is 0 Å². The number of likely N-dealkylation sites (N-methyl/N-ethyl adjacent to an activating group) is 1. The molecule has 0 saturated carbocycles. The van der Waals surface area contributed by atoms with Gasteiger partial charge in [0.05, 0.1) is 6.04 Å². The summed E-state index contributed by atoms with van der Waals surface area (Å²) in [6.07, 6.45) is 4.53. The quantitative estimate of drug-likeness (QED) is 0.754. The third-order valence-corrected chi connectivity index (χ3v) is 3.66. The highest BCUT2D eigenvalue weighted by molar-refractivity contribution is 5.81. The average molecular weight is 241 g/mol. The molecule has 1 aliphatic heterocycles. The molecular formula is C13H27N3O. The van der Waals surface area contributed by atoms with Crippen molar-refractivity contribution in [2.24, 2.45) is 0 Å². The number of carbonyl (C=O) groups excluding carboxylic acids is 1. The lowest BCUT2D eigenvalue weighted by Gasteiger charge is -2.31. The minimum absolute atomic E-state index is 0.0235. The molecule has 1 heterocycles. The molecule has 1 fully saturated rings. The molecule has 1 saturated heterocycles. The number of rotatable bonds is 5. The van der Waals surface area contributed by atoms with Gasteiger partial charge < -0.3 is 10.6 Å². The first-order valence-corrected chi connectivity index (χ1v) is 6.87. The van der Waals surface area contributed by atoms with Crippen LogP contribution in [0.15, 0.2) is 0 Å². The average Bonchev–Trinajstić information content (AvgIpc) is 2.62. The van der Waals surface area contributed by atoms with Crippen molar-refractivity contribution < 1.29 is 4.79 Å². The Balaban J connectivity index is 2.43. The lowest BCUT2D eigenvalue weighted by atomic mass is 10.1. The molecule has 4 nitrogen and oxygen atoms in total. The second-order valence-corrected chi connectivity index (χ2v) is 4.97. The van der Waals surface area contributed by atoms with E-state index in [-0.39, 0.29) is 11.9 Å². The van der Waals surface area contributed by atoms with Gasteiger partial charge in [0.15, 0.2) is 0 Å². The molecule has 0 aromatic heterocycles. The Morgan fingerprint density at radius 2 is 2.24 bits per heavy atom. The normalized spacial score (nSPS) is 23.2. The highest BCUT2D eigenvalue weighted by Crippen LogP contribution is 2.14. The van der Waals surface area contributed by atoms with E-state index in [0.717, 1.165) is 32.5 Å². The van der Waals surface area contributed by atoms with Crippen LogP contribution in [0.25, 0.3) is 0 Å². The number of carbonyl (C=O) groups is 1. The largest absolute Gasteiger partial charge is 0.355 e. The topological polar surface area (TPSA) is 44.4 Å². The standard InChI is InChI=1S/C13H27N3O/c1-4-8-15-13(17)11(2)16(3)12-6-5-9-14-10-7-12/h11-12,14H,4-10H2,1-3H3,(H,15,17). The summed E-state index contributed by atoms with van der Waals surface area (Å²) in [4.78, 5) is 14.1. The molecule has 0 bridgehead atoms. The van der Waals surface area contributed by atoms with Crippen LogP contribution in [-0.2, 0) is 4.79 Å². The van der Waals surface area contributed by atoms with E-state index in [2.05, 4.69) is 29.5 Å². The second-order valence-electron chi connectivity index (χ2n) is 4.97. The molecular weight excluding hydrogens is 214 g/mol. The van der Waals surface area contributed by atoms with Crippen LogP contribution in [0.5, 0.6) is 0 Å². The van der Waals surface area contributed by atoms with Crippen LogP contribution in [0.1, 0.15) is 39.5 Å². The molecule has 1 rings (SSSR count). The van der Waals surface area contributed by atoms with Gasteiger partial charge in [-0.1, -0.05) is 6.92 Å². The van der Waals surface area contributed by atoms with E-state index < -0.39 is 0 Å². The molecule has 0 aromatic carbocycles. The molecule has 2 unspecified atom stereocenters. The van der Waals surface area contributed by atoms with Crippen molar-refractivity contribution in [2.45, 2.75) is 51.6 Å². The first-order valence-electron chi connectivity index (χ1n) is 6.87. The molecule has 1 aliphatic rings. The Kier molecular flexibility index (Phi) is 6.52. The molecule has 0 radical (unpaired) electrons. The zero-order valence-electron chi connectivity index (χ0n) is 11.5. The third-order valence-electron chi connectivity index (χ3n) is 3.66. The number of nitrogens with zero attached hydrogens (tertiary/aromatic N) is 1. The van der Waals surface area contributed by atoms with Crippen LogP contribution in [0, 0.1) is 0 Å². The molecule has 0 aliphatic carbocycles. The van der Waals surface area contributed by atoms with E-state index >= 15 is 0 Å². The summed E-state index contributed by atoms with van der Waals surface area (Å²) >= 11 is 0. The fourth-order valence-corrected chi connectivity index (χ4v) is 2.31. The predicted octanol–water partition coefficient (Wildman–Crippen LogP) is 0.975. The maximum absolute atomic E-state index is 11.9. The molecule has 0 aromatic rings. The van der Waals surface area contributed by atoms with Gasteiger partial charge in [0.1, 0.15) is 0 Å². The Hall–Kier alpha value is -0.610. The van der Waals surface area contributed by atoms with Crippen molar-refractivity contribution in [3.63, 3.8) is 0 Å². The summed E-state index contributed by atoms with van der Waals surface area (Å²) in [5.41, 5.74) is 0. The van der Waals surface area contributed by atoms with Crippen molar-refractivity contribution in [1.82, 2.24) is 15.5 Å².